The number of phenolic OH excluding ortho intramolecular Hbond substituents is 1. The molecule has 0 saturated carbocycles. The summed E-state index contributed by atoms with van der Waals surface area (Å²) in [5, 5.41) is 33.2. The number of rotatable bonds is 5. The quantitative estimate of drug-likeness (QED) is 0.589. The van der Waals surface area contributed by atoms with E-state index in [0.29, 0.717) is 39.4 Å². The Morgan fingerprint density at radius 3 is 2.83 bits per heavy atom. The Kier molecular flexibility index (Phi) is 5.80. The van der Waals surface area contributed by atoms with Crippen LogP contribution >= 0.6 is 11.6 Å². The van der Waals surface area contributed by atoms with Crippen molar-refractivity contribution in [3.8, 4) is 17.0 Å². The minimum Gasteiger partial charge on any atom is -0.507 e. The molecule has 1 saturated heterocycles. The predicted molar refractivity (Wildman–Crippen MR) is 112 cm³/mol. The van der Waals surface area contributed by atoms with Crippen LogP contribution in [-0.4, -0.2) is 57.6 Å². The number of piperidine rings is 1. The molecule has 2 heterocycles. The summed E-state index contributed by atoms with van der Waals surface area (Å²) in [5.74, 6) is 0.128. The molecule has 8 heteroatoms. The van der Waals surface area contributed by atoms with E-state index >= 15 is 0 Å². The third-order valence-corrected chi connectivity index (χ3v) is 5.45. The van der Waals surface area contributed by atoms with Crippen molar-refractivity contribution in [3.05, 3.63) is 47.2 Å². The van der Waals surface area contributed by atoms with Crippen molar-refractivity contribution < 1.29 is 14.6 Å². The number of halogens is 2. The SMILES string of the molecule is OCCN1CCC[C@@H](Nc2nnc(-c3ccc(Cl)cc3O)c3ccc(F)cc23)C1. The Morgan fingerprint density at radius 2 is 2.03 bits per heavy atom. The van der Waals surface area contributed by atoms with Crippen molar-refractivity contribution >= 4 is 28.2 Å². The molecule has 152 valence electrons. The van der Waals surface area contributed by atoms with Gasteiger partial charge < -0.3 is 15.5 Å². The molecule has 0 spiro atoms. The first kappa shape index (κ1) is 19.8. The van der Waals surface area contributed by atoms with Crippen molar-refractivity contribution in [2.24, 2.45) is 0 Å². The van der Waals surface area contributed by atoms with E-state index in [1.54, 1.807) is 18.2 Å². The fourth-order valence-corrected chi connectivity index (χ4v) is 4.01. The smallest absolute Gasteiger partial charge is 0.156 e. The monoisotopic (exact) mass is 416 g/mol. The number of likely N-dealkylation sites (tertiary alicyclic amines) is 1. The number of hydrogen-bond acceptors (Lipinski definition) is 6. The lowest BCUT2D eigenvalue weighted by molar-refractivity contribution is 0.166. The fraction of sp³-hybridized carbons (Fsp3) is 0.333. The number of benzene rings is 2. The van der Waals surface area contributed by atoms with Gasteiger partial charge in [0.05, 0.1) is 6.61 Å². The van der Waals surface area contributed by atoms with E-state index in [0.717, 1.165) is 25.9 Å². The second kappa shape index (κ2) is 8.49. The number of aromatic hydroxyl groups is 1. The Hall–Kier alpha value is -2.48. The van der Waals surface area contributed by atoms with E-state index in [1.807, 2.05) is 0 Å². The van der Waals surface area contributed by atoms with Gasteiger partial charge in [-0.05, 0) is 55.8 Å². The average molecular weight is 417 g/mol. The summed E-state index contributed by atoms with van der Waals surface area (Å²) in [6.45, 7) is 2.49. The molecule has 0 radical (unpaired) electrons. The summed E-state index contributed by atoms with van der Waals surface area (Å²) in [7, 11) is 0. The van der Waals surface area contributed by atoms with Gasteiger partial charge in [-0.2, -0.15) is 0 Å². The summed E-state index contributed by atoms with van der Waals surface area (Å²) in [5.41, 5.74) is 0.946. The molecule has 29 heavy (non-hydrogen) atoms. The van der Waals surface area contributed by atoms with Crippen LogP contribution in [-0.2, 0) is 0 Å². The molecule has 1 fully saturated rings. The van der Waals surface area contributed by atoms with Crippen LogP contribution in [0.2, 0.25) is 5.02 Å². The number of aliphatic hydroxyl groups is 1. The zero-order valence-electron chi connectivity index (χ0n) is 15.8. The Labute approximate surface area is 172 Å². The van der Waals surface area contributed by atoms with Crippen LogP contribution in [0, 0.1) is 5.82 Å². The molecular weight excluding hydrogens is 395 g/mol. The van der Waals surface area contributed by atoms with Gasteiger partial charge in [0.1, 0.15) is 17.3 Å². The molecule has 1 aliphatic heterocycles. The molecule has 1 atom stereocenters. The van der Waals surface area contributed by atoms with E-state index in [4.69, 9.17) is 11.6 Å². The number of aliphatic hydroxyl groups excluding tert-OH is 1. The average Bonchev–Trinajstić information content (AvgIpc) is 2.69. The third kappa shape index (κ3) is 4.27. The zero-order valence-corrected chi connectivity index (χ0v) is 16.5. The third-order valence-electron chi connectivity index (χ3n) is 5.22. The fourth-order valence-electron chi connectivity index (χ4n) is 3.85. The highest BCUT2D eigenvalue weighted by Gasteiger charge is 2.22. The first-order valence-electron chi connectivity index (χ1n) is 9.59. The van der Waals surface area contributed by atoms with Crippen LogP contribution in [0.15, 0.2) is 36.4 Å². The summed E-state index contributed by atoms with van der Waals surface area (Å²) < 4.78 is 14.0. The van der Waals surface area contributed by atoms with Crippen molar-refractivity contribution in [2.45, 2.75) is 18.9 Å². The van der Waals surface area contributed by atoms with Crippen LogP contribution < -0.4 is 5.32 Å². The van der Waals surface area contributed by atoms with Crippen LogP contribution in [0.3, 0.4) is 0 Å². The van der Waals surface area contributed by atoms with Crippen LogP contribution in [0.1, 0.15) is 12.8 Å². The van der Waals surface area contributed by atoms with Gasteiger partial charge in [-0.25, -0.2) is 4.39 Å². The van der Waals surface area contributed by atoms with Crippen molar-refractivity contribution in [1.82, 2.24) is 15.1 Å². The Bertz CT molecular complexity index is 1030. The maximum Gasteiger partial charge on any atom is 0.156 e. The number of nitrogens with one attached hydrogen (secondary N) is 1. The van der Waals surface area contributed by atoms with E-state index < -0.39 is 0 Å². The minimum atomic E-state index is -0.370. The van der Waals surface area contributed by atoms with E-state index in [1.165, 1.54) is 18.2 Å². The van der Waals surface area contributed by atoms with Gasteiger partial charge in [0.25, 0.3) is 0 Å². The number of anilines is 1. The molecule has 3 N–H and O–H groups in total. The molecule has 0 unspecified atom stereocenters. The van der Waals surface area contributed by atoms with Gasteiger partial charge in [0.15, 0.2) is 5.82 Å². The van der Waals surface area contributed by atoms with Gasteiger partial charge >= 0.3 is 0 Å². The minimum absolute atomic E-state index is 0.00920. The van der Waals surface area contributed by atoms with Gasteiger partial charge in [-0.15, -0.1) is 10.2 Å². The van der Waals surface area contributed by atoms with E-state index in [-0.39, 0.29) is 24.2 Å². The maximum atomic E-state index is 14.0. The van der Waals surface area contributed by atoms with Gasteiger partial charge in [-0.1, -0.05) is 11.6 Å². The Morgan fingerprint density at radius 1 is 1.17 bits per heavy atom. The Balaban J connectivity index is 1.72. The normalized spacial score (nSPS) is 17.6. The highest BCUT2D eigenvalue weighted by atomic mass is 35.5. The molecule has 4 rings (SSSR count). The number of fused-ring (bicyclic) bond motifs is 1. The molecular formula is C21H22ClFN4O2. The standard InChI is InChI=1S/C21H22ClFN4O2/c22-13-3-5-17(19(29)10-13)20-16-6-4-14(23)11-18(16)21(26-25-20)24-15-2-1-7-27(12-15)8-9-28/h3-6,10-11,15,28-29H,1-2,7-9,12H2,(H,24,26)/t15-/m1/s1. The number of phenols is 1. The van der Waals surface area contributed by atoms with Crippen molar-refractivity contribution in [1.29, 1.82) is 0 Å². The predicted octanol–water partition coefficient (Wildman–Crippen LogP) is 3.66. The number of hydrogen-bond donors (Lipinski definition) is 3. The number of β-amino-alcohol motifs (C(OH)–C–C–N with tert-alkyl or cyclic N) is 1. The summed E-state index contributed by atoms with van der Waals surface area (Å²) in [6.07, 6.45) is 1.97. The molecule has 6 nitrogen and oxygen atoms in total. The summed E-state index contributed by atoms with van der Waals surface area (Å²) in [4.78, 5) is 2.19. The lowest BCUT2D eigenvalue weighted by Gasteiger charge is -2.33. The lowest BCUT2D eigenvalue weighted by atomic mass is 10.0. The molecule has 0 bridgehead atoms. The second-order valence-corrected chi connectivity index (χ2v) is 7.69. The summed E-state index contributed by atoms with van der Waals surface area (Å²) in [6, 6.07) is 9.35. The molecule has 2 aromatic carbocycles. The largest absolute Gasteiger partial charge is 0.507 e. The van der Waals surface area contributed by atoms with Crippen molar-refractivity contribution in [2.75, 3.05) is 31.6 Å². The maximum absolute atomic E-state index is 14.0. The van der Waals surface area contributed by atoms with E-state index in [9.17, 15) is 14.6 Å². The van der Waals surface area contributed by atoms with Gasteiger partial charge in [0, 0.05) is 40.5 Å². The van der Waals surface area contributed by atoms with Gasteiger partial charge in [0.2, 0.25) is 0 Å². The molecule has 0 amide bonds. The highest BCUT2D eigenvalue weighted by molar-refractivity contribution is 6.30. The number of nitrogens with zero attached hydrogens (tertiary/aromatic N) is 3. The zero-order chi connectivity index (χ0) is 20.4. The molecule has 3 aromatic rings. The van der Waals surface area contributed by atoms with Crippen LogP contribution in [0.5, 0.6) is 5.75 Å². The van der Waals surface area contributed by atoms with E-state index in [2.05, 4.69) is 20.4 Å². The number of aromatic nitrogens is 2. The molecule has 1 aromatic heterocycles. The van der Waals surface area contributed by atoms with Crippen molar-refractivity contribution in [3.63, 3.8) is 0 Å². The molecule has 1 aliphatic rings. The topological polar surface area (TPSA) is 81.5 Å². The first-order chi connectivity index (χ1) is 14.0. The van der Waals surface area contributed by atoms with Crippen LogP contribution in [0.25, 0.3) is 22.0 Å². The lowest BCUT2D eigenvalue weighted by Crippen LogP contribution is -2.43. The first-order valence-corrected chi connectivity index (χ1v) is 9.97. The van der Waals surface area contributed by atoms with Gasteiger partial charge in [-0.3, -0.25) is 4.90 Å². The second-order valence-electron chi connectivity index (χ2n) is 7.26. The highest BCUT2D eigenvalue weighted by Crippen LogP contribution is 2.36. The molecule has 0 aliphatic carbocycles. The van der Waals surface area contributed by atoms with Crippen LogP contribution in [0.4, 0.5) is 10.2 Å². The summed E-state index contributed by atoms with van der Waals surface area (Å²) >= 11 is 5.94.